The van der Waals surface area contributed by atoms with E-state index in [0.717, 1.165) is 18.0 Å². The number of nitrogens with zero attached hydrogens (tertiary/aromatic N) is 1. The summed E-state index contributed by atoms with van der Waals surface area (Å²) in [6, 6.07) is 5.85. The minimum Gasteiger partial charge on any atom is -0.482 e. The number of hydrogen-bond acceptors (Lipinski definition) is 3. The summed E-state index contributed by atoms with van der Waals surface area (Å²) >= 11 is 0. The van der Waals surface area contributed by atoms with E-state index in [1.807, 2.05) is 18.2 Å². The van der Waals surface area contributed by atoms with Gasteiger partial charge in [-0.25, -0.2) is 0 Å². The lowest BCUT2D eigenvalue weighted by molar-refractivity contribution is 0.108. The number of ether oxygens (including phenoxy) is 1. The highest BCUT2D eigenvalue weighted by atomic mass is 16.5. The Balaban J connectivity index is 2.51. The summed E-state index contributed by atoms with van der Waals surface area (Å²) in [7, 11) is 2.06. The van der Waals surface area contributed by atoms with E-state index in [2.05, 4.69) is 25.8 Å². The van der Waals surface area contributed by atoms with Crippen LogP contribution in [-0.4, -0.2) is 19.2 Å². The molecule has 0 aliphatic carbocycles. The normalized spacial score (nSPS) is 18.6. The van der Waals surface area contributed by atoms with Crippen LogP contribution < -0.4 is 15.4 Å². The highest BCUT2D eigenvalue weighted by Crippen LogP contribution is 2.40. The molecule has 0 unspecified atom stereocenters. The molecule has 3 heteroatoms. The zero-order valence-corrected chi connectivity index (χ0v) is 8.87. The Hall–Kier alpha value is -1.38. The van der Waals surface area contributed by atoms with Gasteiger partial charge >= 0.3 is 0 Å². The maximum atomic E-state index is 5.87. The first kappa shape index (κ1) is 9.19. The molecule has 0 fully saturated rings. The zero-order chi connectivity index (χ0) is 10.3. The molecule has 1 aliphatic rings. The molecule has 0 radical (unpaired) electrons. The van der Waals surface area contributed by atoms with Gasteiger partial charge in [0.25, 0.3) is 0 Å². The van der Waals surface area contributed by atoms with Gasteiger partial charge < -0.3 is 15.4 Å². The van der Waals surface area contributed by atoms with Crippen LogP contribution in [0, 0.1) is 0 Å². The molecule has 0 atom stereocenters. The molecule has 1 heterocycles. The van der Waals surface area contributed by atoms with E-state index >= 15 is 0 Å². The number of nitrogens with two attached hydrogens (primary N) is 1. The van der Waals surface area contributed by atoms with Gasteiger partial charge in [0.05, 0.1) is 17.9 Å². The summed E-state index contributed by atoms with van der Waals surface area (Å²) < 4.78 is 5.85. The first-order valence-electron chi connectivity index (χ1n) is 4.78. The van der Waals surface area contributed by atoms with Crippen LogP contribution in [0.1, 0.15) is 13.8 Å². The molecule has 0 saturated carbocycles. The highest BCUT2D eigenvalue weighted by molar-refractivity contribution is 5.71. The fourth-order valence-corrected chi connectivity index (χ4v) is 1.92. The molecule has 76 valence electrons. The summed E-state index contributed by atoms with van der Waals surface area (Å²) in [5.74, 6) is 0.811. The quantitative estimate of drug-likeness (QED) is 0.638. The van der Waals surface area contributed by atoms with E-state index in [4.69, 9.17) is 10.5 Å². The van der Waals surface area contributed by atoms with Crippen molar-refractivity contribution < 1.29 is 4.74 Å². The number of hydrogen-bond donors (Lipinski definition) is 1. The standard InChI is InChI=1S/C11H16N2O/c1-11(2)7-13(3)9-6-4-5-8(12)10(9)14-11/h4-6H,7,12H2,1-3H3. The van der Waals surface area contributed by atoms with Crippen molar-refractivity contribution in [2.24, 2.45) is 0 Å². The Morgan fingerprint density at radius 3 is 2.86 bits per heavy atom. The molecular weight excluding hydrogens is 176 g/mol. The Bertz CT molecular complexity index is 360. The molecule has 1 aromatic carbocycles. The van der Waals surface area contributed by atoms with Crippen LogP contribution in [0.4, 0.5) is 11.4 Å². The third-order valence-corrected chi connectivity index (χ3v) is 2.43. The third kappa shape index (κ3) is 1.39. The summed E-state index contributed by atoms with van der Waals surface area (Å²) in [5, 5.41) is 0. The van der Waals surface area contributed by atoms with Gasteiger partial charge in [0.1, 0.15) is 5.60 Å². The van der Waals surface area contributed by atoms with E-state index < -0.39 is 0 Å². The number of likely N-dealkylation sites (N-methyl/N-ethyl adjacent to an activating group) is 1. The molecule has 0 amide bonds. The van der Waals surface area contributed by atoms with Crippen molar-refractivity contribution in [2.45, 2.75) is 19.4 Å². The van der Waals surface area contributed by atoms with Crippen LogP contribution in [0.5, 0.6) is 5.75 Å². The average Bonchev–Trinajstić information content (AvgIpc) is 2.05. The lowest BCUT2D eigenvalue weighted by Crippen LogP contribution is -2.45. The minimum atomic E-state index is -0.169. The SMILES string of the molecule is CN1CC(C)(C)Oc2c(N)cccc21. The fraction of sp³-hybridized carbons (Fsp3) is 0.455. The third-order valence-electron chi connectivity index (χ3n) is 2.43. The largest absolute Gasteiger partial charge is 0.482 e. The molecular formula is C11H16N2O. The van der Waals surface area contributed by atoms with Gasteiger partial charge in [-0.15, -0.1) is 0 Å². The minimum absolute atomic E-state index is 0.169. The Labute approximate surface area is 84.5 Å². The van der Waals surface area contributed by atoms with Crippen LogP contribution in [0.3, 0.4) is 0 Å². The lowest BCUT2D eigenvalue weighted by Gasteiger charge is -2.39. The van der Waals surface area contributed by atoms with Crippen molar-refractivity contribution in [1.82, 2.24) is 0 Å². The number of nitrogen functional groups attached to an aromatic ring is 1. The monoisotopic (exact) mass is 192 g/mol. The van der Waals surface area contributed by atoms with Gasteiger partial charge in [-0.1, -0.05) is 6.07 Å². The van der Waals surface area contributed by atoms with Crippen molar-refractivity contribution in [2.75, 3.05) is 24.2 Å². The van der Waals surface area contributed by atoms with Crippen LogP contribution in [0.2, 0.25) is 0 Å². The predicted molar refractivity (Wildman–Crippen MR) is 58.8 cm³/mol. The summed E-state index contributed by atoms with van der Waals surface area (Å²) in [6.07, 6.45) is 0. The van der Waals surface area contributed by atoms with Crippen LogP contribution in [0.15, 0.2) is 18.2 Å². The Morgan fingerprint density at radius 1 is 1.43 bits per heavy atom. The second-order valence-electron chi connectivity index (χ2n) is 4.41. The van der Waals surface area contributed by atoms with Crippen LogP contribution >= 0.6 is 0 Å². The average molecular weight is 192 g/mol. The first-order valence-corrected chi connectivity index (χ1v) is 4.78. The van der Waals surface area contributed by atoms with E-state index in [9.17, 15) is 0 Å². The smallest absolute Gasteiger partial charge is 0.166 e. The van der Waals surface area contributed by atoms with Gasteiger partial charge in [-0.3, -0.25) is 0 Å². The summed E-state index contributed by atoms with van der Waals surface area (Å²) in [5.41, 5.74) is 7.49. The van der Waals surface area contributed by atoms with E-state index in [1.54, 1.807) is 0 Å². The van der Waals surface area contributed by atoms with Gasteiger partial charge in [-0.2, -0.15) is 0 Å². The molecule has 0 spiro atoms. The molecule has 2 N–H and O–H groups in total. The Morgan fingerprint density at radius 2 is 2.14 bits per heavy atom. The van der Waals surface area contributed by atoms with Gasteiger partial charge in [0, 0.05) is 7.05 Å². The molecule has 1 aromatic rings. The highest BCUT2D eigenvalue weighted by Gasteiger charge is 2.30. The zero-order valence-electron chi connectivity index (χ0n) is 8.87. The molecule has 14 heavy (non-hydrogen) atoms. The number of benzene rings is 1. The fourth-order valence-electron chi connectivity index (χ4n) is 1.92. The van der Waals surface area contributed by atoms with Gasteiger partial charge in [0.2, 0.25) is 0 Å². The summed E-state index contributed by atoms with van der Waals surface area (Å²) in [4.78, 5) is 2.18. The lowest BCUT2D eigenvalue weighted by atomic mass is 10.1. The van der Waals surface area contributed by atoms with Crippen molar-refractivity contribution in [1.29, 1.82) is 0 Å². The molecule has 3 nitrogen and oxygen atoms in total. The molecule has 0 bridgehead atoms. The first-order chi connectivity index (χ1) is 6.49. The maximum Gasteiger partial charge on any atom is 0.166 e. The number of fused-ring (bicyclic) bond motifs is 1. The van der Waals surface area contributed by atoms with Crippen molar-refractivity contribution in [3.8, 4) is 5.75 Å². The number of anilines is 2. The number of rotatable bonds is 0. The van der Waals surface area contributed by atoms with Crippen molar-refractivity contribution in [3.63, 3.8) is 0 Å². The second kappa shape index (κ2) is 2.80. The topological polar surface area (TPSA) is 38.5 Å². The van der Waals surface area contributed by atoms with Gasteiger partial charge in [-0.05, 0) is 26.0 Å². The van der Waals surface area contributed by atoms with Crippen molar-refractivity contribution >= 4 is 11.4 Å². The van der Waals surface area contributed by atoms with E-state index in [0.29, 0.717) is 5.69 Å². The number of para-hydroxylation sites is 1. The van der Waals surface area contributed by atoms with Crippen molar-refractivity contribution in [3.05, 3.63) is 18.2 Å². The summed E-state index contributed by atoms with van der Waals surface area (Å²) in [6.45, 7) is 5.02. The predicted octanol–water partition coefficient (Wildman–Crippen LogP) is 1.88. The molecule has 2 rings (SSSR count). The Kier molecular flexibility index (Phi) is 1.84. The van der Waals surface area contributed by atoms with Crippen LogP contribution in [-0.2, 0) is 0 Å². The molecule has 0 aromatic heterocycles. The van der Waals surface area contributed by atoms with Crippen LogP contribution in [0.25, 0.3) is 0 Å². The van der Waals surface area contributed by atoms with E-state index in [1.165, 1.54) is 0 Å². The van der Waals surface area contributed by atoms with Gasteiger partial charge in [0.15, 0.2) is 5.75 Å². The maximum absolute atomic E-state index is 5.87. The molecule has 0 saturated heterocycles. The van der Waals surface area contributed by atoms with E-state index in [-0.39, 0.29) is 5.60 Å². The second-order valence-corrected chi connectivity index (χ2v) is 4.41. The molecule has 1 aliphatic heterocycles.